The SMILES string of the molecule is CC(=O)OC1C=C2C(CCC3C[C@@H](OC(C)=O)CC[C@]23C)C2CC3O[C@]4(CCC(C)CO4)C(C)C3C12. The highest BCUT2D eigenvalue weighted by Crippen LogP contribution is 2.66. The first-order chi connectivity index (χ1) is 17.1. The van der Waals surface area contributed by atoms with E-state index >= 15 is 0 Å². The maximum Gasteiger partial charge on any atom is 0.303 e. The molecule has 6 heteroatoms. The smallest absolute Gasteiger partial charge is 0.303 e. The van der Waals surface area contributed by atoms with Gasteiger partial charge >= 0.3 is 11.9 Å². The summed E-state index contributed by atoms with van der Waals surface area (Å²) in [6.07, 6.45) is 10.8. The molecule has 200 valence electrons. The lowest BCUT2D eigenvalue weighted by molar-refractivity contribution is -0.271. The van der Waals surface area contributed by atoms with Crippen LogP contribution in [0, 0.1) is 46.8 Å². The Hall–Kier alpha value is -1.40. The summed E-state index contributed by atoms with van der Waals surface area (Å²) in [6.45, 7) is 10.8. The highest BCUT2D eigenvalue weighted by atomic mass is 16.7. The molecule has 0 radical (unpaired) electrons. The average molecular weight is 501 g/mol. The average Bonchev–Trinajstić information content (AvgIpc) is 3.30. The lowest BCUT2D eigenvalue weighted by Gasteiger charge is -2.56. The van der Waals surface area contributed by atoms with E-state index in [0.717, 1.165) is 45.1 Å². The molecule has 2 aliphatic heterocycles. The van der Waals surface area contributed by atoms with E-state index in [9.17, 15) is 9.59 Å². The molecular weight excluding hydrogens is 456 g/mol. The Kier molecular flexibility index (Phi) is 6.11. The molecule has 6 aliphatic rings. The minimum absolute atomic E-state index is 0.0350. The number of carbonyl (C=O) groups excluding carboxylic acids is 2. The zero-order valence-corrected chi connectivity index (χ0v) is 22.7. The molecule has 0 aromatic carbocycles. The van der Waals surface area contributed by atoms with Crippen LogP contribution in [-0.4, -0.2) is 42.6 Å². The largest absolute Gasteiger partial charge is 0.463 e. The maximum atomic E-state index is 12.3. The summed E-state index contributed by atoms with van der Waals surface area (Å²) in [5, 5.41) is 0. The Morgan fingerprint density at radius 2 is 1.75 bits per heavy atom. The van der Waals surface area contributed by atoms with Crippen LogP contribution in [0.5, 0.6) is 0 Å². The fraction of sp³-hybridized carbons (Fsp3) is 0.867. The van der Waals surface area contributed by atoms with Gasteiger partial charge in [-0.2, -0.15) is 0 Å². The van der Waals surface area contributed by atoms with Crippen molar-refractivity contribution in [3.63, 3.8) is 0 Å². The normalized spacial score (nSPS) is 51.4. The molecule has 0 aromatic heterocycles. The molecule has 9 unspecified atom stereocenters. The minimum Gasteiger partial charge on any atom is -0.463 e. The van der Waals surface area contributed by atoms with E-state index in [4.69, 9.17) is 18.9 Å². The van der Waals surface area contributed by atoms with Crippen LogP contribution < -0.4 is 0 Å². The third kappa shape index (κ3) is 3.80. The Labute approximate surface area is 215 Å². The molecular formula is C30H44O6. The van der Waals surface area contributed by atoms with E-state index in [2.05, 4.69) is 26.8 Å². The van der Waals surface area contributed by atoms with E-state index in [1.54, 1.807) is 6.92 Å². The first-order valence-corrected chi connectivity index (χ1v) is 14.5. The quantitative estimate of drug-likeness (QED) is 0.372. The van der Waals surface area contributed by atoms with Gasteiger partial charge in [-0.05, 0) is 86.0 Å². The highest BCUT2D eigenvalue weighted by molar-refractivity contribution is 5.66. The first-order valence-electron chi connectivity index (χ1n) is 14.5. The molecule has 12 atom stereocenters. The summed E-state index contributed by atoms with van der Waals surface area (Å²) in [5.41, 5.74) is 1.59. The van der Waals surface area contributed by atoms with Crippen molar-refractivity contribution in [2.45, 2.75) is 110 Å². The summed E-state index contributed by atoms with van der Waals surface area (Å²) in [5.74, 6) is 2.21. The van der Waals surface area contributed by atoms with Gasteiger partial charge < -0.3 is 18.9 Å². The number of fused-ring (bicyclic) bond motifs is 7. The van der Waals surface area contributed by atoms with Gasteiger partial charge in [0, 0.05) is 32.1 Å². The first kappa shape index (κ1) is 24.9. The number of ether oxygens (including phenoxy) is 4. The molecule has 0 N–H and O–H groups in total. The molecule has 36 heavy (non-hydrogen) atoms. The van der Waals surface area contributed by atoms with Crippen molar-refractivity contribution in [1.29, 1.82) is 0 Å². The van der Waals surface area contributed by atoms with Crippen LogP contribution in [0.2, 0.25) is 0 Å². The highest BCUT2D eigenvalue weighted by Gasteiger charge is 2.66. The van der Waals surface area contributed by atoms with Crippen LogP contribution >= 0.6 is 0 Å². The van der Waals surface area contributed by atoms with Crippen molar-refractivity contribution in [1.82, 2.24) is 0 Å². The van der Waals surface area contributed by atoms with Crippen LogP contribution in [0.3, 0.4) is 0 Å². The summed E-state index contributed by atoms with van der Waals surface area (Å²) in [7, 11) is 0. The molecule has 4 aliphatic carbocycles. The monoisotopic (exact) mass is 500 g/mol. The zero-order chi connectivity index (χ0) is 25.4. The molecule has 5 fully saturated rings. The summed E-state index contributed by atoms with van der Waals surface area (Å²) in [4.78, 5) is 23.9. The fourth-order valence-corrected chi connectivity index (χ4v) is 9.62. The molecule has 0 aromatic rings. The molecule has 6 nitrogen and oxygen atoms in total. The van der Waals surface area contributed by atoms with E-state index < -0.39 is 5.79 Å². The van der Waals surface area contributed by atoms with Crippen LogP contribution in [-0.2, 0) is 28.5 Å². The molecule has 6 rings (SSSR count). The third-order valence-electron chi connectivity index (χ3n) is 11.3. The van der Waals surface area contributed by atoms with E-state index in [-0.39, 0.29) is 35.7 Å². The Bertz CT molecular complexity index is 934. The molecule has 3 saturated carbocycles. The van der Waals surface area contributed by atoms with Gasteiger partial charge in [0.2, 0.25) is 0 Å². The van der Waals surface area contributed by atoms with Gasteiger partial charge in [-0.25, -0.2) is 0 Å². The van der Waals surface area contributed by atoms with Crippen LogP contribution in [0.15, 0.2) is 11.6 Å². The number of hydrogen-bond acceptors (Lipinski definition) is 6. The Morgan fingerprint density at radius 3 is 2.44 bits per heavy atom. The van der Waals surface area contributed by atoms with Crippen molar-refractivity contribution in [3.8, 4) is 0 Å². The number of allylic oxidation sites excluding steroid dienone is 1. The Morgan fingerprint density at radius 1 is 0.972 bits per heavy atom. The molecule has 0 amide bonds. The van der Waals surface area contributed by atoms with Crippen molar-refractivity contribution >= 4 is 11.9 Å². The van der Waals surface area contributed by atoms with Crippen molar-refractivity contribution in [3.05, 3.63) is 11.6 Å². The van der Waals surface area contributed by atoms with Crippen molar-refractivity contribution in [2.24, 2.45) is 46.8 Å². The van der Waals surface area contributed by atoms with Gasteiger partial charge in [-0.1, -0.05) is 26.3 Å². The third-order valence-corrected chi connectivity index (χ3v) is 11.3. The molecule has 2 heterocycles. The number of esters is 2. The predicted molar refractivity (Wildman–Crippen MR) is 134 cm³/mol. The van der Waals surface area contributed by atoms with Gasteiger partial charge in [0.15, 0.2) is 5.79 Å². The second-order valence-corrected chi connectivity index (χ2v) is 13.3. The van der Waals surface area contributed by atoms with Crippen LogP contribution in [0.25, 0.3) is 0 Å². The zero-order valence-electron chi connectivity index (χ0n) is 22.7. The van der Waals surface area contributed by atoms with E-state index in [0.29, 0.717) is 41.4 Å². The molecule has 2 saturated heterocycles. The topological polar surface area (TPSA) is 71.1 Å². The fourth-order valence-electron chi connectivity index (χ4n) is 9.62. The van der Waals surface area contributed by atoms with Crippen molar-refractivity contribution < 1.29 is 28.5 Å². The number of carbonyl (C=O) groups is 2. The lowest BCUT2D eigenvalue weighted by Crippen LogP contribution is -2.51. The Balaban J connectivity index is 1.30. The number of hydrogen-bond donors (Lipinski definition) is 0. The standard InChI is InChI=1S/C30H44O6/c1-16-8-11-30(33-15-16)17(2)27-26(36-30)13-23-22-7-6-20-12-21(34-18(3)31)9-10-29(20,5)24(22)14-25(28(23)27)35-19(4)32/h14,16-17,20-23,25-28H,6-13,15H2,1-5H3/t16?,17?,20?,21-,22?,23?,25?,26?,27?,28?,29-,30+/m0/s1. The predicted octanol–water partition coefficient (Wildman–Crippen LogP) is 5.44. The van der Waals surface area contributed by atoms with Gasteiger partial charge in [0.1, 0.15) is 12.2 Å². The number of rotatable bonds is 2. The van der Waals surface area contributed by atoms with Gasteiger partial charge in [-0.15, -0.1) is 0 Å². The summed E-state index contributed by atoms with van der Waals surface area (Å²) < 4.78 is 25.0. The summed E-state index contributed by atoms with van der Waals surface area (Å²) >= 11 is 0. The van der Waals surface area contributed by atoms with E-state index in [1.807, 2.05) is 0 Å². The van der Waals surface area contributed by atoms with E-state index in [1.165, 1.54) is 25.3 Å². The second-order valence-electron chi connectivity index (χ2n) is 13.3. The van der Waals surface area contributed by atoms with Crippen LogP contribution in [0.4, 0.5) is 0 Å². The maximum absolute atomic E-state index is 12.3. The van der Waals surface area contributed by atoms with Crippen LogP contribution in [0.1, 0.15) is 86.0 Å². The lowest BCUT2D eigenvalue weighted by atomic mass is 9.50. The second kappa shape index (κ2) is 8.83. The van der Waals surface area contributed by atoms with Crippen molar-refractivity contribution in [2.75, 3.05) is 6.61 Å². The summed E-state index contributed by atoms with van der Waals surface area (Å²) in [6, 6.07) is 0. The molecule has 0 bridgehead atoms. The van der Waals surface area contributed by atoms with Gasteiger partial charge in [-0.3, -0.25) is 9.59 Å². The molecule has 1 spiro atoms. The van der Waals surface area contributed by atoms with Gasteiger partial charge in [0.05, 0.1) is 12.7 Å². The minimum atomic E-state index is -0.462. The van der Waals surface area contributed by atoms with Gasteiger partial charge in [0.25, 0.3) is 0 Å².